The monoisotopic (exact) mass is 267 g/mol. The topological polar surface area (TPSA) is 147 Å². The van der Waals surface area contributed by atoms with Crippen molar-refractivity contribution < 1.29 is 33.6 Å². The van der Waals surface area contributed by atoms with Gasteiger partial charge in [-0.25, -0.2) is 4.57 Å². The molecular weight excluding hydrogens is 256 g/mol. The number of hydrogen-bond donors (Lipinski definition) is 4. The van der Waals surface area contributed by atoms with E-state index in [-0.39, 0.29) is 57.8 Å². The second-order valence-electron chi connectivity index (χ2n) is 2.44. The fourth-order valence-corrected chi connectivity index (χ4v) is 0.932. The molecule has 8 nitrogen and oxygen atoms in total. The second-order valence-corrected chi connectivity index (χ2v) is 3.60. The van der Waals surface area contributed by atoms with Gasteiger partial charge in [-0.05, 0) is 6.42 Å². The predicted molar refractivity (Wildman–Crippen MR) is 50.1 cm³/mol. The molecule has 10 heteroatoms. The molecule has 0 aliphatic rings. The zero-order valence-corrected chi connectivity index (χ0v) is 7.89. The molecule has 0 aliphatic carbocycles. The van der Waals surface area contributed by atoms with Crippen molar-refractivity contribution in [2.24, 2.45) is 5.73 Å². The molecule has 0 rings (SSSR count). The first-order chi connectivity index (χ1) is 6.22. The number of nitrogens with two attached hydrogens (primary N) is 1. The van der Waals surface area contributed by atoms with Crippen molar-refractivity contribution in [3.63, 3.8) is 0 Å². The summed E-state index contributed by atoms with van der Waals surface area (Å²) in [7, 11) is -4.84. The number of aliphatic carboxylic acids is 1. The SMILES string of the molecule is N[C@@H](CCC(=O)OP(=O)(O)O)C(=O)O.[KH]. The molecule has 0 aromatic rings. The van der Waals surface area contributed by atoms with E-state index in [9.17, 15) is 14.2 Å². The Morgan fingerprint density at radius 1 is 1.40 bits per heavy atom. The molecule has 0 amide bonds. The van der Waals surface area contributed by atoms with Gasteiger partial charge < -0.3 is 15.4 Å². The Labute approximate surface area is 128 Å². The number of carbonyl (C=O) groups is 2. The average Bonchev–Trinajstić information content (AvgIpc) is 1.96. The van der Waals surface area contributed by atoms with Crippen LogP contribution >= 0.6 is 7.82 Å². The third-order valence-corrected chi connectivity index (χ3v) is 1.64. The van der Waals surface area contributed by atoms with Gasteiger partial charge in [0, 0.05) is 6.42 Å². The molecule has 0 aromatic heterocycles. The van der Waals surface area contributed by atoms with Gasteiger partial charge in [0.25, 0.3) is 0 Å². The quantitative estimate of drug-likeness (QED) is 0.336. The van der Waals surface area contributed by atoms with E-state index < -0.39 is 32.2 Å². The van der Waals surface area contributed by atoms with Crippen LogP contribution in [0.2, 0.25) is 0 Å². The van der Waals surface area contributed by atoms with E-state index in [1.807, 2.05) is 0 Å². The summed E-state index contributed by atoms with van der Waals surface area (Å²) in [6.45, 7) is 0. The van der Waals surface area contributed by atoms with Crippen LogP contribution in [0.3, 0.4) is 0 Å². The first kappa shape index (κ1) is 18.1. The first-order valence-corrected chi connectivity index (χ1v) is 5.02. The van der Waals surface area contributed by atoms with Crippen LogP contribution in [0.25, 0.3) is 0 Å². The molecule has 0 saturated carbocycles. The molecule has 15 heavy (non-hydrogen) atoms. The van der Waals surface area contributed by atoms with Crippen LogP contribution in [-0.4, -0.2) is 84.3 Å². The summed E-state index contributed by atoms with van der Waals surface area (Å²) in [4.78, 5) is 37.2. The van der Waals surface area contributed by atoms with E-state index in [0.29, 0.717) is 0 Å². The van der Waals surface area contributed by atoms with Gasteiger partial charge in [-0.3, -0.25) is 19.4 Å². The minimum atomic E-state index is -4.84. The summed E-state index contributed by atoms with van der Waals surface area (Å²) in [5, 5.41) is 8.30. The molecule has 0 unspecified atom stereocenters. The van der Waals surface area contributed by atoms with Gasteiger partial charge in [-0.2, -0.15) is 0 Å². The molecule has 0 aromatic carbocycles. The number of phosphoric acid groups is 1. The number of hydrogen-bond acceptors (Lipinski definition) is 5. The van der Waals surface area contributed by atoms with Gasteiger partial charge >= 0.3 is 71.1 Å². The van der Waals surface area contributed by atoms with E-state index in [0.717, 1.165) is 0 Å². The fraction of sp³-hybridized carbons (Fsp3) is 0.600. The van der Waals surface area contributed by atoms with Crippen LogP contribution in [0.4, 0.5) is 0 Å². The molecule has 0 saturated heterocycles. The maximum atomic E-state index is 10.6. The third kappa shape index (κ3) is 11.0. The summed E-state index contributed by atoms with van der Waals surface area (Å²) in [5.74, 6) is -2.48. The van der Waals surface area contributed by atoms with Gasteiger partial charge in [-0.1, -0.05) is 0 Å². The summed E-state index contributed by atoms with van der Waals surface area (Å²) in [6.07, 6.45) is -0.702. The first-order valence-electron chi connectivity index (χ1n) is 3.48. The van der Waals surface area contributed by atoms with Crippen LogP contribution in [-0.2, 0) is 18.7 Å². The van der Waals surface area contributed by atoms with Gasteiger partial charge in [0.15, 0.2) is 0 Å². The zero-order valence-electron chi connectivity index (χ0n) is 6.99. The Balaban J connectivity index is 0. The van der Waals surface area contributed by atoms with Crippen LogP contribution in [0.1, 0.15) is 12.8 Å². The molecule has 5 N–H and O–H groups in total. The average molecular weight is 267 g/mol. The van der Waals surface area contributed by atoms with Crippen molar-refractivity contribution in [3.05, 3.63) is 0 Å². The van der Waals surface area contributed by atoms with Crippen LogP contribution in [0.15, 0.2) is 0 Å². The number of phosphoric ester groups is 1. The van der Waals surface area contributed by atoms with Crippen LogP contribution < -0.4 is 5.73 Å². The fourth-order valence-electron chi connectivity index (χ4n) is 0.575. The van der Waals surface area contributed by atoms with Crippen molar-refractivity contribution in [1.82, 2.24) is 0 Å². The van der Waals surface area contributed by atoms with Crippen LogP contribution in [0.5, 0.6) is 0 Å². The third-order valence-electron chi connectivity index (χ3n) is 1.20. The Morgan fingerprint density at radius 3 is 2.20 bits per heavy atom. The molecule has 0 spiro atoms. The van der Waals surface area contributed by atoms with E-state index in [4.69, 9.17) is 20.6 Å². The molecule has 1 atom stereocenters. The van der Waals surface area contributed by atoms with E-state index in [1.165, 1.54) is 0 Å². The standard InChI is InChI=1S/C5H10NO7P.K.H/c6-3(5(8)9)1-2-4(7)13-14(10,11)12;;/h3H,1-2,6H2,(H,8,9)(H2,10,11,12);;/t3-;;/m0../s1. The molecule has 0 aliphatic heterocycles. The summed E-state index contributed by atoms with van der Waals surface area (Å²) in [6, 6.07) is -1.25. The Kier molecular flexibility index (Phi) is 9.49. The van der Waals surface area contributed by atoms with E-state index in [1.54, 1.807) is 0 Å². The zero-order chi connectivity index (χ0) is 11.4. The van der Waals surface area contributed by atoms with Gasteiger partial charge in [-0.15, -0.1) is 0 Å². The molecule has 84 valence electrons. The normalized spacial score (nSPS) is 12.5. The van der Waals surface area contributed by atoms with Gasteiger partial charge in [0.1, 0.15) is 6.04 Å². The van der Waals surface area contributed by atoms with Crippen molar-refractivity contribution in [3.8, 4) is 0 Å². The number of carbonyl (C=O) groups excluding carboxylic acids is 1. The van der Waals surface area contributed by atoms with E-state index in [2.05, 4.69) is 4.52 Å². The molecule has 0 bridgehead atoms. The van der Waals surface area contributed by atoms with Gasteiger partial charge in [0.05, 0.1) is 0 Å². The molecule has 0 fully saturated rings. The predicted octanol–water partition coefficient (Wildman–Crippen LogP) is -1.83. The Morgan fingerprint density at radius 2 is 1.87 bits per heavy atom. The van der Waals surface area contributed by atoms with Crippen molar-refractivity contribution >= 4 is 71.1 Å². The summed E-state index contributed by atoms with van der Waals surface area (Å²) < 4.78 is 13.8. The maximum absolute atomic E-state index is 10.6. The van der Waals surface area contributed by atoms with Gasteiger partial charge in [0.2, 0.25) is 0 Å². The Hall–Kier alpha value is 0.686. The number of carboxylic acid groups (broad SMARTS) is 1. The summed E-state index contributed by atoms with van der Waals surface area (Å²) in [5.41, 5.74) is 5.03. The second kappa shape index (κ2) is 7.88. The number of rotatable bonds is 5. The van der Waals surface area contributed by atoms with Crippen molar-refractivity contribution in [2.45, 2.75) is 18.9 Å². The van der Waals surface area contributed by atoms with Crippen molar-refractivity contribution in [1.29, 1.82) is 0 Å². The molecular formula is C5H11KNO7P. The summed E-state index contributed by atoms with van der Waals surface area (Å²) >= 11 is 0. The van der Waals surface area contributed by atoms with E-state index >= 15 is 0 Å². The van der Waals surface area contributed by atoms with Crippen LogP contribution in [0, 0.1) is 0 Å². The van der Waals surface area contributed by atoms with Crippen molar-refractivity contribution in [2.75, 3.05) is 0 Å². The Bertz CT molecular complexity index is 277. The molecule has 0 radical (unpaired) electrons. The number of carboxylic acids is 1. The minimum absolute atomic E-state index is 0. The molecule has 0 heterocycles.